The summed E-state index contributed by atoms with van der Waals surface area (Å²) in [5, 5.41) is 2.97. The van der Waals surface area contributed by atoms with E-state index in [0.29, 0.717) is 56.8 Å². The fraction of sp³-hybridized carbons (Fsp3) is 0.421. The second-order valence-corrected chi connectivity index (χ2v) is 6.10. The number of methoxy groups -OCH3 is 1. The number of benzene rings is 1. The average molecular weight is 371 g/mol. The maximum Gasteiger partial charge on any atom is 0.317 e. The van der Waals surface area contributed by atoms with Crippen LogP contribution < -0.4 is 19.7 Å². The van der Waals surface area contributed by atoms with Gasteiger partial charge in [0.05, 0.1) is 13.7 Å². The first-order chi connectivity index (χ1) is 13.2. The number of amides is 2. The maximum absolute atomic E-state index is 12.4. The van der Waals surface area contributed by atoms with Gasteiger partial charge in [-0.05, 0) is 30.7 Å². The van der Waals surface area contributed by atoms with Crippen molar-refractivity contribution in [3.05, 3.63) is 42.2 Å². The Balaban J connectivity index is 1.50. The summed E-state index contributed by atoms with van der Waals surface area (Å²) in [7, 11) is 1.61. The summed E-state index contributed by atoms with van der Waals surface area (Å²) >= 11 is 0. The van der Waals surface area contributed by atoms with Crippen molar-refractivity contribution in [2.24, 2.45) is 0 Å². The fourth-order valence-electron chi connectivity index (χ4n) is 2.95. The smallest absolute Gasteiger partial charge is 0.317 e. The Morgan fingerprint density at radius 1 is 1.15 bits per heavy atom. The molecule has 1 aromatic heterocycles. The predicted molar refractivity (Wildman–Crippen MR) is 102 cm³/mol. The summed E-state index contributed by atoms with van der Waals surface area (Å²) in [6, 6.07) is 7.40. The van der Waals surface area contributed by atoms with E-state index in [1.807, 2.05) is 30.0 Å². The molecule has 0 spiro atoms. The Morgan fingerprint density at radius 3 is 2.56 bits per heavy atom. The van der Waals surface area contributed by atoms with Crippen LogP contribution >= 0.6 is 0 Å². The first kappa shape index (κ1) is 18.8. The van der Waals surface area contributed by atoms with Gasteiger partial charge < -0.3 is 24.6 Å². The first-order valence-electron chi connectivity index (χ1n) is 9.05. The van der Waals surface area contributed by atoms with Crippen molar-refractivity contribution in [3.63, 3.8) is 0 Å². The van der Waals surface area contributed by atoms with Crippen LogP contribution in [0.4, 0.5) is 10.7 Å². The second kappa shape index (κ2) is 9.07. The van der Waals surface area contributed by atoms with Gasteiger partial charge in [0.1, 0.15) is 0 Å². The Morgan fingerprint density at radius 2 is 1.89 bits per heavy atom. The van der Waals surface area contributed by atoms with Crippen LogP contribution in [0.3, 0.4) is 0 Å². The van der Waals surface area contributed by atoms with E-state index in [2.05, 4.69) is 20.2 Å². The molecular weight excluding hydrogens is 346 g/mol. The summed E-state index contributed by atoms with van der Waals surface area (Å²) in [5.74, 6) is 2.08. The molecule has 3 rings (SSSR count). The number of urea groups is 1. The largest absolute Gasteiger partial charge is 0.493 e. The number of nitrogens with zero attached hydrogens (tertiary/aromatic N) is 4. The Hall–Kier alpha value is -3.03. The maximum atomic E-state index is 12.4. The van der Waals surface area contributed by atoms with E-state index in [1.54, 1.807) is 25.6 Å². The molecule has 27 heavy (non-hydrogen) atoms. The highest BCUT2D eigenvalue weighted by molar-refractivity contribution is 5.74. The summed E-state index contributed by atoms with van der Waals surface area (Å²) < 4.78 is 10.9. The topological polar surface area (TPSA) is 79.8 Å². The third kappa shape index (κ3) is 4.78. The molecule has 1 fully saturated rings. The van der Waals surface area contributed by atoms with Gasteiger partial charge in [0, 0.05) is 45.1 Å². The lowest BCUT2D eigenvalue weighted by Gasteiger charge is -2.34. The zero-order valence-electron chi connectivity index (χ0n) is 15.7. The summed E-state index contributed by atoms with van der Waals surface area (Å²) in [6.45, 7) is 5.64. The van der Waals surface area contributed by atoms with Crippen LogP contribution in [0.5, 0.6) is 11.5 Å². The number of nitrogens with one attached hydrogen (secondary N) is 1. The highest BCUT2D eigenvalue weighted by Crippen LogP contribution is 2.28. The van der Waals surface area contributed by atoms with Crippen LogP contribution in [0.2, 0.25) is 0 Å². The average Bonchev–Trinajstić information content (AvgIpc) is 2.73. The minimum absolute atomic E-state index is 0.0727. The molecule has 0 bridgehead atoms. The van der Waals surface area contributed by atoms with Gasteiger partial charge in [-0.25, -0.2) is 14.8 Å². The molecule has 0 radical (unpaired) electrons. The highest BCUT2D eigenvalue weighted by Gasteiger charge is 2.22. The molecule has 0 saturated carbocycles. The number of rotatable bonds is 6. The number of carbonyl (C=O) groups is 1. The first-order valence-corrected chi connectivity index (χ1v) is 9.05. The zero-order chi connectivity index (χ0) is 19.1. The van der Waals surface area contributed by atoms with E-state index in [0.717, 1.165) is 5.56 Å². The van der Waals surface area contributed by atoms with Gasteiger partial charge >= 0.3 is 6.03 Å². The lowest BCUT2D eigenvalue weighted by molar-refractivity contribution is 0.193. The molecule has 8 heteroatoms. The van der Waals surface area contributed by atoms with Crippen LogP contribution in [0.25, 0.3) is 0 Å². The molecule has 2 amide bonds. The molecule has 1 N–H and O–H groups in total. The van der Waals surface area contributed by atoms with Gasteiger partial charge in [0.2, 0.25) is 5.95 Å². The Kier molecular flexibility index (Phi) is 6.30. The second-order valence-electron chi connectivity index (χ2n) is 6.10. The van der Waals surface area contributed by atoms with Crippen molar-refractivity contribution in [1.82, 2.24) is 20.2 Å². The number of anilines is 1. The molecule has 1 aliphatic heterocycles. The van der Waals surface area contributed by atoms with E-state index < -0.39 is 0 Å². The predicted octanol–water partition coefficient (Wildman–Crippen LogP) is 1.92. The molecule has 2 aromatic rings. The quantitative estimate of drug-likeness (QED) is 0.836. The van der Waals surface area contributed by atoms with E-state index in [1.165, 1.54) is 0 Å². The van der Waals surface area contributed by atoms with Crippen LogP contribution in [-0.2, 0) is 6.54 Å². The lowest BCUT2D eigenvalue weighted by Crippen LogP contribution is -2.52. The molecule has 0 atom stereocenters. The number of ether oxygens (including phenoxy) is 2. The number of aromatic nitrogens is 2. The van der Waals surface area contributed by atoms with E-state index in [9.17, 15) is 4.79 Å². The SMILES string of the molecule is CCOc1ccc(CNC(=O)N2CCN(c3ncccn3)CC2)cc1OC. The molecule has 1 saturated heterocycles. The van der Waals surface area contributed by atoms with Crippen molar-refractivity contribution in [3.8, 4) is 11.5 Å². The number of carbonyl (C=O) groups excluding carboxylic acids is 1. The van der Waals surface area contributed by atoms with Crippen LogP contribution in [0.1, 0.15) is 12.5 Å². The molecule has 1 aliphatic rings. The van der Waals surface area contributed by atoms with Gasteiger partial charge in [0.15, 0.2) is 11.5 Å². The molecule has 8 nitrogen and oxygen atoms in total. The molecule has 0 aliphatic carbocycles. The molecule has 0 unspecified atom stereocenters. The van der Waals surface area contributed by atoms with Gasteiger partial charge in [-0.15, -0.1) is 0 Å². The van der Waals surface area contributed by atoms with Crippen molar-refractivity contribution >= 4 is 12.0 Å². The standard InChI is InChI=1S/C19H25N5O3/c1-3-27-16-6-5-15(13-17(16)26-2)14-22-19(25)24-11-9-23(10-12-24)18-20-7-4-8-21-18/h4-8,13H,3,9-12,14H2,1-2H3,(H,22,25). The summed E-state index contributed by atoms with van der Waals surface area (Å²) in [5.41, 5.74) is 0.958. The number of hydrogen-bond donors (Lipinski definition) is 1. The third-order valence-corrected chi connectivity index (χ3v) is 4.37. The third-order valence-electron chi connectivity index (χ3n) is 4.37. The van der Waals surface area contributed by atoms with Crippen molar-refractivity contribution in [1.29, 1.82) is 0 Å². The van der Waals surface area contributed by atoms with Crippen molar-refractivity contribution in [2.45, 2.75) is 13.5 Å². The molecule has 2 heterocycles. The van der Waals surface area contributed by atoms with Gasteiger partial charge in [-0.1, -0.05) is 6.07 Å². The van der Waals surface area contributed by atoms with Crippen molar-refractivity contribution < 1.29 is 14.3 Å². The Bertz CT molecular complexity index is 748. The zero-order valence-corrected chi connectivity index (χ0v) is 15.7. The summed E-state index contributed by atoms with van der Waals surface area (Å²) in [4.78, 5) is 24.9. The molecular formula is C19H25N5O3. The van der Waals surface area contributed by atoms with Crippen LogP contribution in [0, 0.1) is 0 Å². The van der Waals surface area contributed by atoms with Crippen LogP contribution in [-0.4, -0.2) is 60.8 Å². The van der Waals surface area contributed by atoms with Gasteiger partial charge in [0.25, 0.3) is 0 Å². The van der Waals surface area contributed by atoms with E-state index >= 15 is 0 Å². The highest BCUT2D eigenvalue weighted by atomic mass is 16.5. The minimum atomic E-state index is -0.0727. The lowest BCUT2D eigenvalue weighted by atomic mass is 10.2. The number of piperazine rings is 1. The summed E-state index contributed by atoms with van der Waals surface area (Å²) in [6.07, 6.45) is 3.46. The van der Waals surface area contributed by atoms with Gasteiger partial charge in [-0.2, -0.15) is 0 Å². The number of hydrogen-bond acceptors (Lipinski definition) is 6. The fourth-order valence-corrected chi connectivity index (χ4v) is 2.95. The molecule has 1 aromatic carbocycles. The van der Waals surface area contributed by atoms with Gasteiger partial charge in [-0.3, -0.25) is 0 Å². The minimum Gasteiger partial charge on any atom is -0.493 e. The van der Waals surface area contributed by atoms with E-state index in [4.69, 9.17) is 9.47 Å². The monoisotopic (exact) mass is 371 g/mol. The van der Waals surface area contributed by atoms with Crippen molar-refractivity contribution in [2.75, 3.05) is 44.8 Å². The van der Waals surface area contributed by atoms with Crippen LogP contribution in [0.15, 0.2) is 36.7 Å². The normalized spacial score (nSPS) is 14.0. The molecule has 144 valence electrons. The Labute approximate surface area is 159 Å². The van der Waals surface area contributed by atoms with E-state index in [-0.39, 0.29) is 6.03 Å².